The van der Waals surface area contributed by atoms with Crippen LogP contribution in [0.3, 0.4) is 0 Å². The van der Waals surface area contributed by atoms with Crippen molar-refractivity contribution in [1.82, 2.24) is 14.2 Å². The van der Waals surface area contributed by atoms with Crippen LogP contribution in [-0.4, -0.2) is 60.6 Å². The van der Waals surface area contributed by atoms with Gasteiger partial charge in [-0.3, -0.25) is 14.6 Å². The van der Waals surface area contributed by atoms with Gasteiger partial charge in [0.25, 0.3) is 5.91 Å². The van der Waals surface area contributed by atoms with E-state index in [1.165, 1.54) is 23.4 Å². The van der Waals surface area contributed by atoms with Crippen molar-refractivity contribution in [2.24, 2.45) is 0 Å². The number of benzene rings is 2. The monoisotopic (exact) mass is 500 g/mol. The average Bonchev–Trinajstić information content (AvgIpc) is 2.81. The van der Waals surface area contributed by atoms with Gasteiger partial charge in [0.15, 0.2) is 0 Å². The number of nitrogens with zero attached hydrogens (tertiary/aromatic N) is 3. The largest absolute Gasteiger partial charge is 0.340 e. The Bertz CT molecular complexity index is 1400. The molecule has 1 saturated heterocycles. The number of aromatic nitrogens is 1. The predicted molar refractivity (Wildman–Crippen MR) is 132 cm³/mol. The molecule has 8 nitrogen and oxygen atoms in total. The minimum absolute atomic E-state index is 0.0369. The van der Waals surface area contributed by atoms with Gasteiger partial charge in [0.05, 0.1) is 16.1 Å². The fraction of sp³-hybridized carbons (Fsp3) is 0.292. The molecule has 0 spiro atoms. The van der Waals surface area contributed by atoms with Crippen molar-refractivity contribution < 1.29 is 18.0 Å². The average molecular weight is 501 g/mol. The van der Waals surface area contributed by atoms with Crippen LogP contribution in [0.25, 0.3) is 10.9 Å². The van der Waals surface area contributed by atoms with E-state index in [0.717, 1.165) is 10.9 Å². The molecule has 2 heterocycles. The van der Waals surface area contributed by atoms with Crippen molar-refractivity contribution >= 4 is 50.0 Å². The number of hydrogen-bond acceptors (Lipinski definition) is 5. The maximum absolute atomic E-state index is 13.2. The van der Waals surface area contributed by atoms with Crippen molar-refractivity contribution in [3.8, 4) is 0 Å². The second kappa shape index (κ2) is 9.32. The predicted octanol–water partition coefficient (Wildman–Crippen LogP) is 3.61. The Morgan fingerprint density at radius 2 is 1.74 bits per heavy atom. The number of halogens is 1. The molecule has 1 aromatic heterocycles. The zero-order valence-electron chi connectivity index (χ0n) is 19.1. The van der Waals surface area contributed by atoms with Crippen LogP contribution in [-0.2, 0) is 14.8 Å². The number of anilines is 1. The first-order valence-corrected chi connectivity index (χ1v) is 12.6. The minimum Gasteiger partial charge on any atom is -0.340 e. The number of hydrogen-bond donors (Lipinski definition) is 1. The number of carbonyl (C=O) groups excluding carboxylic acids is 2. The van der Waals surface area contributed by atoms with Gasteiger partial charge in [0, 0.05) is 54.8 Å². The van der Waals surface area contributed by atoms with Crippen molar-refractivity contribution in [3.05, 3.63) is 64.3 Å². The van der Waals surface area contributed by atoms with Gasteiger partial charge in [-0.15, -0.1) is 0 Å². The molecule has 10 heteroatoms. The number of aryl methyl sites for hydroxylation is 2. The molecule has 0 unspecified atom stereocenters. The second-order valence-electron chi connectivity index (χ2n) is 8.27. The van der Waals surface area contributed by atoms with Crippen molar-refractivity contribution in [1.29, 1.82) is 0 Å². The minimum atomic E-state index is -3.80. The molecule has 4 rings (SSSR count). The highest BCUT2D eigenvalue weighted by Gasteiger charge is 2.29. The Morgan fingerprint density at radius 1 is 1.03 bits per heavy atom. The van der Waals surface area contributed by atoms with Gasteiger partial charge in [-0.1, -0.05) is 17.7 Å². The molecule has 1 aliphatic heterocycles. The third-order valence-corrected chi connectivity index (χ3v) is 8.27. The lowest BCUT2D eigenvalue weighted by Gasteiger charge is -2.33. The third-order valence-electron chi connectivity index (χ3n) is 5.96. The van der Waals surface area contributed by atoms with E-state index in [9.17, 15) is 18.0 Å². The standard InChI is InChI=1S/C24H25ClN4O4S/c1-15-13-22(20-7-8-21(25)16(2)23(20)26-15)27-24(31)18-5-4-6-19(14-18)34(32,33)29-11-9-28(10-12-29)17(3)30/h4-8,13-14H,9-12H2,1-3H3,(H,26,27,31). The number of fused-ring (bicyclic) bond motifs is 1. The summed E-state index contributed by atoms with van der Waals surface area (Å²) in [5.41, 5.74) is 3.02. The van der Waals surface area contributed by atoms with E-state index in [4.69, 9.17) is 11.6 Å². The van der Waals surface area contributed by atoms with Gasteiger partial charge >= 0.3 is 0 Å². The number of piperazine rings is 1. The van der Waals surface area contributed by atoms with E-state index in [-0.39, 0.29) is 29.5 Å². The zero-order chi connectivity index (χ0) is 24.6. The maximum Gasteiger partial charge on any atom is 0.255 e. The summed E-state index contributed by atoms with van der Waals surface area (Å²) in [6, 6.07) is 11.3. The number of amides is 2. The van der Waals surface area contributed by atoms with Crippen molar-refractivity contribution in [3.63, 3.8) is 0 Å². The Morgan fingerprint density at radius 3 is 2.41 bits per heavy atom. The molecule has 0 atom stereocenters. The van der Waals surface area contributed by atoms with Gasteiger partial charge < -0.3 is 10.2 Å². The zero-order valence-corrected chi connectivity index (χ0v) is 20.7. The first-order valence-electron chi connectivity index (χ1n) is 10.8. The normalized spacial score (nSPS) is 14.9. The smallest absolute Gasteiger partial charge is 0.255 e. The Hall–Kier alpha value is -3.01. The van der Waals surface area contributed by atoms with Gasteiger partial charge in [-0.05, 0) is 55.8 Å². The highest BCUT2D eigenvalue weighted by Crippen LogP contribution is 2.30. The second-order valence-corrected chi connectivity index (χ2v) is 10.6. The molecule has 2 amide bonds. The van der Waals surface area contributed by atoms with Gasteiger partial charge in [0.1, 0.15) is 0 Å². The summed E-state index contributed by atoms with van der Waals surface area (Å²) in [7, 11) is -3.80. The summed E-state index contributed by atoms with van der Waals surface area (Å²) in [5.74, 6) is -0.509. The molecular weight excluding hydrogens is 476 g/mol. The lowest BCUT2D eigenvalue weighted by atomic mass is 10.1. The van der Waals surface area contributed by atoms with Crippen molar-refractivity contribution in [2.45, 2.75) is 25.7 Å². The molecule has 0 saturated carbocycles. The third kappa shape index (κ3) is 4.64. The molecule has 1 N–H and O–H groups in total. The lowest BCUT2D eigenvalue weighted by Crippen LogP contribution is -2.49. The molecule has 1 aliphatic rings. The maximum atomic E-state index is 13.2. The molecule has 0 aliphatic carbocycles. The topological polar surface area (TPSA) is 99.7 Å². The molecule has 1 fully saturated rings. The van der Waals surface area contributed by atoms with E-state index < -0.39 is 15.9 Å². The summed E-state index contributed by atoms with van der Waals surface area (Å²) < 4.78 is 27.7. The Kier molecular flexibility index (Phi) is 6.62. The van der Waals surface area contributed by atoms with Crippen LogP contribution in [0.2, 0.25) is 5.02 Å². The van der Waals surface area contributed by atoms with Crippen LogP contribution in [0.4, 0.5) is 5.69 Å². The fourth-order valence-corrected chi connectivity index (χ4v) is 5.64. The van der Waals surface area contributed by atoms with E-state index in [0.29, 0.717) is 35.0 Å². The molecule has 0 radical (unpaired) electrons. The highest BCUT2D eigenvalue weighted by atomic mass is 35.5. The Balaban J connectivity index is 1.60. The van der Waals surface area contributed by atoms with E-state index in [2.05, 4.69) is 10.3 Å². The highest BCUT2D eigenvalue weighted by molar-refractivity contribution is 7.89. The number of rotatable bonds is 4. The van der Waals surface area contributed by atoms with Crippen LogP contribution >= 0.6 is 11.6 Å². The van der Waals surface area contributed by atoms with Crippen LogP contribution in [0.15, 0.2) is 47.4 Å². The van der Waals surface area contributed by atoms with Crippen LogP contribution < -0.4 is 5.32 Å². The summed E-state index contributed by atoms with van der Waals surface area (Å²) >= 11 is 6.23. The molecule has 178 valence electrons. The summed E-state index contributed by atoms with van der Waals surface area (Å²) in [6.45, 7) is 6.27. The summed E-state index contributed by atoms with van der Waals surface area (Å²) in [5, 5.41) is 4.22. The van der Waals surface area contributed by atoms with Crippen molar-refractivity contribution in [2.75, 3.05) is 31.5 Å². The first kappa shape index (κ1) is 24.1. The molecule has 2 aromatic carbocycles. The van der Waals surface area contributed by atoms with E-state index in [1.807, 2.05) is 13.8 Å². The summed E-state index contributed by atoms with van der Waals surface area (Å²) in [6.07, 6.45) is 0. The number of pyridine rings is 1. The molecule has 34 heavy (non-hydrogen) atoms. The van der Waals surface area contributed by atoms with Gasteiger partial charge in [-0.25, -0.2) is 8.42 Å². The number of nitrogens with one attached hydrogen (secondary N) is 1. The molecule has 3 aromatic rings. The van der Waals surface area contributed by atoms with Crippen LogP contribution in [0, 0.1) is 13.8 Å². The fourth-order valence-electron chi connectivity index (χ4n) is 4.02. The lowest BCUT2D eigenvalue weighted by molar-refractivity contribution is -0.129. The van der Waals surface area contributed by atoms with Gasteiger partial charge in [-0.2, -0.15) is 4.31 Å². The first-order chi connectivity index (χ1) is 16.1. The van der Waals surface area contributed by atoms with Crippen LogP contribution in [0.5, 0.6) is 0 Å². The van der Waals surface area contributed by atoms with Crippen LogP contribution in [0.1, 0.15) is 28.5 Å². The quantitative estimate of drug-likeness (QED) is 0.590. The molecular formula is C24H25ClN4O4S. The summed E-state index contributed by atoms with van der Waals surface area (Å²) in [4.78, 5) is 30.8. The SMILES string of the molecule is CC(=O)N1CCN(S(=O)(=O)c2cccc(C(=O)Nc3cc(C)nc4c(C)c(Cl)ccc34)c2)CC1. The van der Waals surface area contributed by atoms with Gasteiger partial charge in [0.2, 0.25) is 15.9 Å². The van der Waals surface area contributed by atoms with E-state index >= 15 is 0 Å². The Labute approximate surface area is 203 Å². The number of sulfonamides is 1. The van der Waals surface area contributed by atoms with E-state index in [1.54, 1.807) is 35.2 Å². The molecule has 0 bridgehead atoms. The number of carbonyl (C=O) groups is 2.